The lowest BCUT2D eigenvalue weighted by Gasteiger charge is -2.38. The Labute approximate surface area is 178 Å². The molecule has 0 bridgehead atoms. The molecule has 0 saturated carbocycles. The molecule has 0 fully saturated rings. The van der Waals surface area contributed by atoms with Crippen LogP contribution >= 0.6 is 0 Å². The first-order chi connectivity index (χ1) is 14.8. The second-order valence-electron chi connectivity index (χ2n) is 8.60. The molecule has 152 valence electrons. The number of carbonyl (C=O) groups is 1. The van der Waals surface area contributed by atoms with E-state index in [2.05, 4.69) is 46.3 Å². The average Bonchev–Trinajstić information content (AvgIpc) is 2.82. The largest absolute Gasteiger partial charge is 0.331 e. The molecule has 30 heavy (non-hydrogen) atoms. The van der Waals surface area contributed by atoms with E-state index in [0.29, 0.717) is 5.92 Å². The molecule has 3 nitrogen and oxygen atoms in total. The molecule has 3 aromatic rings. The number of hydrogen-bond donors (Lipinski definition) is 0. The molecule has 2 aromatic carbocycles. The molecule has 2 aliphatic rings. The molecule has 1 aromatic heterocycles. The average molecular weight is 397 g/mol. The number of aryl methyl sites for hydroxylation is 1. The van der Waals surface area contributed by atoms with Crippen LogP contribution in [-0.2, 0) is 6.42 Å². The van der Waals surface area contributed by atoms with E-state index in [-0.39, 0.29) is 11.9 Å². The van der Waals surface area contributed by atoms with Crippen LogP contribution in [0.4, 0.5) is 0 Å². The van der Waals surface area contributed by atoms with Gasteiger partial charge in [0, 0.05) is 18.1 Å². The summed E-state index contributed by atoms with van der Waals surface area (Å²) in [5.41, 5.74) is 4.26. The maximum atomic E-state index is 14.0. The molecule has 0 unspecified atom stereocenters. The smallest absolute Gasteiger partial charge is 0.256 e. The van der Waals surface area contributed by atoms with Gasteiger partial charge < -0.3 is 4.90 Å². The molecule has 3 heteroatoms. The Bertz CT molecular complexity index is 1080. The zero-order valence-electron chi connectivity index (χ0n) is 17.3. The zero-order chi connectivity index (χ0) is 20.3. The summed E-state index contributed by atoms with van der Waals surface area (Å²) in [6.45, 7) is 0.811. The van der Waals surface area contributed by atoms with Crippen LogP contribution in [0.1, 0.15) is 59.6 Å². The van der Waals surface area contributed by atoms with Gasteiger partial charge in [-0.3, -0.25) is 9.78 Å². The minimum Gasteiger partial charge on any atom is -0.331 e. The van der Waals surface area contributed by atoms with E-state index < -0.39 is 0 Å². The van der Waals surface area contributed by atoms with Crippen molar-refractivity contribution in [2.75, 3.05) is 6.54 Å². The topological polar surface area (TPSA) is 33.2 Å². The molecule has 0 aliphatic heterocycles. The zero-order valence-corrected chi connectivity index (χ0v) is 17.3. The standard InChI is InChI=1S/C27H28N2O/c30-27(24-16-6-13-22-14-8-18-28-26(22)24)29(19-20-9-2-1-3-10-20)25-17-7-12-21-11-4-5-15-23(21)25/h1-2,4-6,8,11,13-16,18,20,25H,3,7,9-10,12,17,19H2/t20-,25+/m0/s1. The fourth-order valence-electron chi connectivity index (χ4n) is 5.14. The molecule has 0 spiro atoms. The molecular weight excluding hydrogens is 368 g/mol. The highest BCUT2D eigenvalue weighted by Gasteiger charge is 2.32. The Balaban J connectivity index is 1.56. The monoisotopic (exact) mass is 396 g/mol. The van der Waals surface area contributed by atoms with Crippen molar-refractivity contribution in [3.63, 3.8) is 0 Å². The van der Waals surface area contributed by atoms with Crippen LogP contribution in [0.2, 0.25) is 0 Å². The maximum Gasteiger partial charge on any atom is 0.256 e. The summed E-state index contributed by atoms with van der Waals surface area (Å²) in [5, 5.41) is 1.02. The van der Waals surface area contributed by atoms with Gasteiger partial charge in [-0.25, -0.2) is 0 Å². The van der Waals surface area contributed by atoms with E-state index in [1.165, 1.54) is 11.1 Å². The van der Waals surface area contributed by atoms with Crippen LogP contribution in [0, 0.1) is 5.92 Å². The van der Waals surface area contributed by atoms with Gasteiger partial charge in [0.1, 0.15) is 0 Å². The first-order valence-corrected chi connectivity index (χ1v) is 11.2. The van der Waals surface area contributed by atoms with Crippen LogP contribution < -0.4 is 0 Å². The van der Waals surface area contributed by atoms with E-state index in [0.717, 1.165) is 61.5 Å². The molecular formula is C27H28N2O. The predicted octanol–water partition coefficient (Wildman–Crippen LogP) is 6.11. The van der Waals surface area contributed by atoms with Crippen LogP contribution in [0.5, 0.6) is 0 Å². The van der Waals surface area contributed by atoms with Gasteiger partial charge in [-0.15, -0.1) is 0 Å². The molecule has 0 saturated heterocycles. The molecule has 5 rings (SSSR count). The van der Waals surface area contributed by atoms with E-state index >= 15 is 0 Å². The van der Waals surface area contributed by atoms with Gasteiger partial charge in [0.15, 0.2) is 0 Å². The Morgan fingerprint density at radius 3 is 2.80 bits per heavy atom. The van der Waals surface area contributed by atoms with Crippen LogP contribution in [0.25, 0.3) is 10.9 Å². The van der Waals surface area contributed by atoms with Crippen molar-refractivity contribution in [2.24, 2.45) is 5.92 Å². The third kappa shape index (κ3) is 3.65. The SMILES string of the molecule is O=C(c1cccc2cccnc12)N(C[C@H]1CC=CCC1)[C@@H]1CCCc2ccccc21. The minimum absolute atomic E-state index is 0.121. The number of fused-ring (bicyclic) bond motifs is 2. The van der Waals surface area contributed by atoms with Crippen molar-refractivity contribution in [1.82, 2.24) is 9.88 Å². The van der Waals surface area contributed by atoms with E-state index in [1.54, 1.807) is 6.20 Å². The van der Waals surface area contributed by atoms with Crippen LogP contribution in [0.3, 0.4) is 0 Å². The van der Waals surface area contributed by atoms with Crippen molar-refractivity contribution >= 4 is 16.8 Å². The number of amides is 1. The van der Waals surface area contributed by atoms with Crippen molar-refractivity contribution in [1.29, 1.82) is 0 Å². The van der Waals surface area contributed by atoms with E-state index in [1.807, 2.05) is 30.3 Å². The summed E-state index contributed by atoms with van der Waals surface area (Å²) in [5.74, 6) is 0.645. The fraction of sp³-hybridized carbons (Fsp3) is 0.333. The summed E-state index contributed by atoms with van der Waals surface area (Å²) >= 11 is 0. The molecule has 2 aliphatic carbocycles. The van der Waals surface area contributed by atoms with Gasteiger partial charge in [-0.1, -0.05) is 54.6 Å². The van der Waals surface area contributed by atoms with Crippen LogP contribution in [0.15, 0.2) is 72.9 Å². The Morgan fingerprint density at radius 2 is 1.90 bits per heavy atom. The number of para-hydroxylation sites is 1. The highest BCUT2D eigenvalue weighted by Crippen LogP contribution is 2.37. The third-order valence-corrected chi connectivity index (χ3v) is 6.67. The van der Waals surface area contributed by atoms with E-state index in [4.69, 9.17) is 0 Å². The van der Waals surface area contributed by atoms with Gasteiger partial charge in [-0.05, 0) is 67.7 Å². The van der Waals surface area contributed by atoms with Crippen molar-refractivity contribution in [3.05, 3.63) is 89.6 Å². The quantitative estimate of drug-likeness (QED) is 0.498. The van der Waals surface area contributed by atoms with Crippen molar-refractivity contribution in [2.45, 2.75) is 44.6 Å². The number of benzene rings is 2. The number of allylic oxidation sites excluding steroid dienone is 2. The maximum absolute atomic E-state index is 14.0. The van der Waals surface area contributed by atoms with Crippen LogP contribution in [-0.4, -0.2) is 22.3 Å². The molecule has 0 radical (unpaired) electrons. The number of pyridine rings is 1. The normalized spacial score (nSPS) is 20.7. The van der Waals surface area contributed by atoms with Crippen molar-refractivity contribution in [3.8, 4) is 0 Å². The minimum atomic E-state index is 0.121. The number of nitrogens with zero attached hydrogens (tertiary/aromatic N) is 2. The third-order valence-electron chi connectivity index (χ3n) is 6.67. The number of hydrogen-bond acceptors (Lipinski definition) is 2. The first kappa shape index (κ1) is 19.0. The molecule has 1 heterocycles. The Hall–Kier alpha value is -2.94. The summed E-state index contributed by atoms with van der Waals surface area (Å²) in [6, 6.07) is 18.8. The van der Waals surface area contributed by atoms with Gasteiger partial charge in [0.25, 0.3) is 5.91 Å². The van der Waals surface area contributed by atoms with Gasteiger partial charge in [0.2, 0.25) is 0 Å². The highest BCUT2D eigenvalue weighted by atomic mass is 16.2. The first-order valence-electron chi connectivity index (χ1n) is 11.2. The summed E-state index contributed by atoms with van der Waals surface area (Å²) in [6.07, 6.45) is 12.9. The second-order valence-corrected chi connectivity index (χ2v) is 8.60. The molecule has 0 N–H and O–H groups in total. The number of rotatable bonds is 4. The number of aromatic nitrogens is 1. The summed E-state index contributed by atoms with van der Waals surface area (Å²) in [4.78, 5) is 20.7. The Morgan fingerprint density at radius 1 is 1.00 bits per heavy atom. The van der Waals surface area contributed by atoms with Gasteiger partial charge in [-0.2, -0.15) is 0 Å². The fourth-order valence-corrected chi connectivity index (χ4v) is 5.14. The summed E-state index contributed by atoms with van der Waals surface area (Å²) in [7, 11) is 0. The van der Waals surface area contributed by atoms with Crippen molar-refractivity contribution < 1.29 is 4.79 Å². The second kappa shape index (κ2) is 8.43. The van der Waals surface area contributed by atoms with E-state index in [9.17, 15) is 4.79 Å². The lowest BCUT2D eigenvalue weighted by molar-refractivity contribution is 0.0613. The Kier molecular flexibility index (Phi) is 5.35. The lowest BCUT2D eigenvalue weighted by Crippen LogP contribution is -2.40. The molecule has 1 amide bonds. The number of carbonyl (C=O) groups excluding carboxylic acids is 1. The highest BCUT2D eigenvalue weighted by molar-refractivity contribution is 6.05. The van der Waals surface area contributed by atoms with Gasteiger partial charge >= 0.3 is 0 Å². The summed E-state index contributed by atoms with van der Waals surface area (Å²) < 4.78 is 0. The van der Waals surface area contributed by atoms with Gasteiger partial charge in [0.05, 0.1) is 17.1 Å². The molecule has 2 atom stereocenters. The predicted molar refractivity (Wildman–Crippen MR) is 121 cm³/mol. The lowest BCUT2D eigenvalue weighted by atomic mass is 9.85.